The zero-order chi connectivity index (χ0) is 17.2. The number of hydrogen-bond acceptors (Lipinski definition) is 4. The second kappa shape index (κ2) is 10.6. The molecule has 0 aliphatic heterocycles. The first-order valence-corrected chi connectivity index (χ1v) is 10.0. The van der Waals surface area contributed by atoms with Gasteiger partial charge in [-0.1, -0.05) is 50.6 Å². The fraction of sp³-hybridized carbons (Fsp3) is 0.588. The lowest BCUT2D eigenvalue weighted by atomic mass is 10.1. The minimum absolute atomic E-state index is 0.389. The molecule has 2 rings (SSSR count). The van der Waals surface area contributed by atoms with Gasteiger partial charge in [-0.15, -0.1) is 11.8 Å². The topological polar surface area (TPSA) is 59.5 Å². The molecular formula is C17H26ClN5S. The molecule has 0 saturated carbocycles. The SMILES string of the molecule is CCCCCCCCn1nnn(CCSc2ccc(Cl)cc2)c1=N. The molecule has 1 heterocycles. The van der Waals surface area contributed by atoms with E-state index in [0.29, 0.717) is 12.2 Å². The predicted molar refractivity (Wildman–Crippen MR) is 99.4 cm³/mol. The molecule has 2 aromatic rings. The molecule has 0 saturated heterocycles. The van der Waals surface area contributed by atoms with Crippen LogP contribution in [0.1, 0.15) is 45.4 Å². The van der Waals surface area contributed by atoms with E-state index in [0.717, 1.165) is 23.7 Å². The van der Waals surface area contributed by atoms with Crippen LogP contribution < -0.4 is 5.62 Å². The Labute approximate surface area is 152 Å². The van der Waals surface area contributed by atoms with Crippen molar-refractivity contribution < 1.29 is 0 Å². The Balaban J connectivity index is 1.71. The maximum Gasteiger partial charge on any atom is 0.238 e. The summed E-state index contributed by atoms with van der Waals surface area (Å²) in [5.41, 5.74) is 0.389. The molecule has 0 aliphatic carbocycles. The third kappa shape index (κ3) is 6.32. The molecule has 0 spiro atoms. The number of aromatic nitrogens is 4. The van der Waals surface area contributed by atoms with Crippen molar-refractivity contribution in [2.24, 2.45) is 0 Å². The maximum atomic E-state index is 8.16. The van der Waals surface area contributed by atoms with E-state index < -0.39 is 0 Å². The molecule has 0 radical (unpaired) electrons. The molecule has 1 aromatic heterocycles. The lowest BCUT2D eigenvalue weighted by Gasteiger charge is -2.02. The Hall–Kier alpha value is -1.27. The van der Waals surface area contributed by atoms with Gasteiger partial charge in [0.15, 0.2) is 0 Å². The van der Waals surface area contributed by atoms with Crippen LogP contribution in [0.4, 0.5) is 0 Å². The molecule has 0 unspecified atom stereocenters. The highest BCUT2D eigenvalue weighted by atomic mass is 35.5. The van der Waals surface area contributed by atoms with Gasteiger partial charge in [0.1, 0.15) is 0 Å². The molecular weight excluding hydrogens is 342 g/mol. The van der Waals surface area contributed by atoms with E-state index in [1.165, 1.54) is 37.0 Å². The highest BCUT2D eigenvalue weighted by molar-refractivity contribution is 7.99. The summed E-state index contributed by atoms with van der Waals surface area (Å²) >= 11 is 7.61. The van der Waals surface area contributed by atoms with Gasteiger partial charge in [-0.25, -0.2) is 9.36 Å². The van der Waals surface area contributed by atoms with Gasteiger partial charge >= 0.3 is 0 Å². The Bertz CT molecular complexity index is 650. The fourth-order valence-electron chi connectivity index (χ4n) is 2.44. The van der Waals surface area contributed by atoms with Crippen LogP contribution in [0.2, 0.25) is 5.02 Å². The summed E-state index contributed by atoms with van der Waals surface area (Å²) in [6, 6.07) is 7.80. The summed E-state index contributed by atoms with van der Waals surface area (Å²) in [4.78, 5) is 1.17. The number of halogens is 1. The van der Waals surface area contributed by atoms with Gasteiger partial charge in [-0.3, -0.25) is 5.41 Å². The third-order valence-corrected chi connectivity index (χ3v) is 5.10. The van der Waals surface area contributed by atoms with Crippen LogP contribution in [-0.2, 0) is 13.1 Å². The normalized spacial score (nSPS) is 11.1. The van der Waals surface area contributed by atoms with E-state index in [-0.39, 0.29) is 0 Å². The molecule has 1 aromatic carbocycles. The molecule has 132 valence electrons. The van der Waals surface area contributed by atoms with Crippen LogP contribution in [-0.4, -0.2) is 25.5 Å². The average molecular weight is 368 g/mol. The molecule has 7 heteroatoms. The minimum Gasteiger partial charge on any atom is -0.266 e. The molecule has 1 N–H and O–H groups in total. The Morgan fingerprint density at radius 3 is 2.29 bits per heavy atom. The number of aryl methyl sites for hydroxylation is 2. The molecule has 0 atom stereocenters. The van der Waals surface area contributed by atoms with Crippen molar-refractivity contribution in [3.05, 3.63) is 34.9 Å². The van der Waals surface area contributed by atoms with E-state index in [4.69, 9.17) is 17.0 Å². The monoisotopic (exact) mass is 367 g/mol. The fourth-order valence-corrected chi connectivity index (χ4v) is 3.39. The Morgan fingerprint density at radius 1 is 0.958 bits per heavy atom. The van der Waals surface area contributed by atoms with Crippen molar-refractivity contribution in [3.8, 4) is 0 Å². The Kier molecular flexibility index (Phi) is 8.39. The van der Waals surface area contributed by atoms with E-state index in [1.54, 1.807) is 21.1 Å². The number of nitrogens with one attached hydrogen (secondary N) is 1. The molecule has 0 bridgehead atoms. The van der Waals surface area contributed by atoms with Crippen LogP contribution in [0.3, 0.4) is 0 Å². The quantitative estimate of drug-likeness (QED) is 0.474. The number of benzene rings is 1. The second-order valence-electron chi connectivity index (χ2n) is 5.82. The zero-order valence-electron chi connectivity index (χ0n) is 14.2. The highest BCUT2D eigenvalue weighted by Crippen LogP contribution is 2.20. The summed E-state index contributed by atoms with van der Waals surface area (Å²) in [5, 5.41) is 17.1. The summed E-state index contributed by atoms with van der Waals surface area (Å²) in [5.74, 6) is 0.855. The number of nitrogens with zero attached hydrogens (tertiary/aromatic N) is 4. The zero-order valence-corrected chi connectivity index (χ0v) is 15.8. The number of thioether (sulfide) groups is 1. The van der Waals surface area contributed by atoms with Crippen molar-refractivity contribution in [1.29, 1.82) is 5.41 Å². The first-order valence-electron chi connectivity index (χ1n) is 8.64. The van der Waals surface area contributed by atoms with Gasteiger partial charge in [-0.2, -0.15) is 0 Å². The van der Waals surface area contributed by atoms with Gasteiger partial charge in [0.05, 0.1) is 6.54 Å². The molecule has 5 nitrogen and oxygen atoms in total. The summed E-state index contributed by atoms with van der Waals surface area (Å²) in [6.07, 6.45) is 7.44. The largest absolute Gasteiger partial charge is 0.266 e. The van der Waals surface area contributed by atoms with Gasteiger partial charge in [0, 0.05) is 22.2 Å². The molecule has 0 amide bonds. The van der Waals surface area contributed by atoms with E-state index >= 15 is 0 Å². The molecule has 24 heavy (non-hydrogen) atoms. The van der Waals surface area contributed by atoms with E-state index in [2.05, 4.69) is 17.4 Å². The van der Waals surface area contributed by atoms with E-state index in [9.17, 15) is 0 Å². The minimum atomic E-state index is 0.389. The Morgan fingerprint density at radius 2 is 1.58 bits per heavy atom. The summed E-state index contributed by atoms with van der Waals surface area (Å²) in [6.45, 7) is 3.70. The second-order valence-corrected chi connectivity index (χ2v) is 7.42. The summed E-state index contributed by atoms with van der Waals surface area (Å²) < 4.78 is 3.37. The molecule has 0 fully saturated rings. The average Bonchev–Trinajstić information content (AvgIpc) is 2.93. The van der Waals surface area contributed by atoms with Crippen LogP contribution in [0.5, 0.6) is 0 Å². The number of tetrazole rings is 1. The number of rotatable bonds is 11. The third-order valence-electron chi connectivity index (χ3n) is 3.85. The lowest BCUT2D eigenvalue weighted by Crippen LogP contribution is -2.26. The highest BCUT2D eigenvalue weighted by Gasteiger charge is 2.04. The van der Waals surface area contributed by atoms with Crippen molar-refractivity contribution in [2.45, 2.75) is 63.4 Å². The smallest absolute Gasteiger partial charge is 0.238 e. The standard InChI is InChI=1S/C17H26ClN5S/c1-2-3-4-5-6-7-12-22-17(19)23(21-20-22)13-14-24-16-10-8-15(18)9-11-16/h8-11,19H,2-7,12-14H2,1H3. The van der Waals surface area contributed by atoms with E-state index in [1.807, 2.05) is 24.3 Å². The van der Waals surface area contributed by atoms with Gasteiger partial charge in [0.2, 0.25) is 5.62 Å². The first-order chi connectivity index (χ1) is 11.7. The lowest BCUT2D eigenvalue weighted by molar-refractivity contribution is 0.499. The van der Waals surface area contributed by atoms with Gasteiger partial charge in [-0.05, 0) is 41.1 Å². The summed E-state index contributed by atoms with van der Waals surface area (Å²) in [7, 11) is 0. The number of hydrogen-bond donors (Lipinski definition) is 1. The number of unbranched alkanes of at least 4 members (excludes halogenated alkanes) is 5. The van der Waals surface area contributed by atoms with Crippen molar-refractivity contribution in [2.75, 3.05) is 5.75 Å². The van der Waals surface area contributed by atoms with Crippen LogP contribution in [0, 0.1) is 5.41 Å². The van der Waals surface area contributed by atoms with Crippen molar-refractivity contribution in [3.63, 3.8) is 0 Å². The van der Waals surface area contributed by atoms with Crippen LogP contribution in [0.25, 0.3) is 0 Å². The molecule has 0 aliphatic rings. The van der Waals surface area contributed by atoms with Crippen LogP contribution >= 0.6 is 23.4 Å². The van der Waals surface area contributed by atoms with Gasteiger partial charge in [0.25, 0.3) is 0 Å². The predicted octanol–water partition coefficient (Wildman–Crippen LogP) is 4.37. The van der Waals surface area contributed by atoms with Crippen molar-refractivity contribution >= 4 is 23.4 Å². The first kappa shape index (κ1) is 19.1. The maximum absolute atomic E-state index is 8.16. The van der Waals surface area contributed by atoms with Crippen molar-refractivity contribution in [1.82, 2.24) is 19.8 Å². The van der Waals surface area contributed by atoms with Gasteiger partial charge < -0.3 is 0 Å². The van der Waals surface area contributed by atoms with Crippen LogP contribution in [0.15, 0.2) is 29.2 Å².